The molecule has 2 aromatic carbocycles. The van der Waals surface area contributed by atoms with E-state index in [-0.39, 0.29) is 12.5 Å². The van der Waals surface area contributed by atoms with Gasteiger partial charge in [-0.05, 0) is 68.1 Å². The summed E-state index contributed by atoms with van der Waals surface area (Å²) < 4.78 is 0. The van der Waals surface area contributed by atoms with Crippen molar-refractivity contribution in [2.24, 2.45) is 10.3 Å². The maximum Gasteiger partial charge on any atom is 0.263 e. The smallest absolute Gasteiger partial charge is 0.263 e. The van der Waals surface area contributed by atoms with E-state index < -0.39 is 23.9 Å². The van der Waals surface area contributed by atoms with Gasteiger partial charge in [-0.2, -0.15) is 5.11 Å². The SMILES string of the molecule is Cc1ccc(C)c(NC(=O)CN2N=N[C@@H]3C(=O)N(c4ccc(C)c(C)c4)C(=O)[C@@H]32)c1. The summed E-state index contributed by atoms with van der Waals surface area (Å²) in [6.45, 7) is 7.57. The summed E-state index contributed by atoms with van der Waals surface area (Å²) >= 11 is 0. The van der Waals surface area contributed by atoms with Crippen molar-refractivity contribution in [3.05, 3.63) is 58.7 Å². The number of fused-ring (bicyclic) bond motifs is 1. The summed E-state index contributed by atoms with van der Waals surface area (Å²) in [5.74, 6) is -1.17. The predicted octanol–water partition coefficient (Wildman–Crippen LogP) is 2.85. The molecule has 2 heterocycles. The number of carbonyl (C=O) groups excluding carboxylic acids is 3. The van der Waals surface area contributed by atoms with Crippen LogP contribution in [0.15, 0.2) is 46.7 Å². The summed E-state index contributed by atoms with van der Waals surface area (Å²) in [6.07, 6.45) is 0. The van der Waals surface area contributed by atoms with Crippen LogP contribution in [0.5, 0.6) is 0 Å². The first-order valence-electron chi connectivity index (χ1n) is 9.76. The van der Waals surface area contributed by atoms with Crippen molar-refractivity contribution in [3.63, 3.8) is 0 Å². The minimum absolute atomic E-state index is 0.169. The zero-order valence-corrected chi connectivity index (χ0v) is 17.3. The van der Waals surface area contributed by atoms with Gasteiger partial charge in [0.2, 0.25) is 5.91 Å². The highest BCUT2D eigenvalue weighted by atomic mass is 16.2. The van der Waals surface area contributed by atoms with Crippen molar-refractivity contribution in [1.82, 2.24) is 5.01 Å². The Balaban J connectivity index is 1.51. The fourth-order valence-corrected chi connectivity index (χ4v) is 3.68. The number of nitrogens with one attached hydrogen (secondary N) is 1. The van der Waals surface area contributed by atoms with E-state index in [1.807, 2.05) is 52.0 Å². The predicted molar refractivity (Wildman–Crippen MR) is 112 cm³/mol. The third-order valence-electron chi connectivity index (χ3n) is 5.58. The lowest BCUT2D eigenvalue weighted by Gasteiger charge is -2.21. The van der Waals surface area contributed by atoms with Crippen molar-refractivity contribution in [2.45, 2.75) is 39.8 Å². The number of hydrogen-bond acceptors (Lipinski definition) is 6. The van der Waals surface area contributed by atoms with Gasteiger partial charge >= 0.3 is 0 Å². The Kier molecular flexibility index (Phi) is 4.85. The van der Waals surface area contributed by atoms with Gasteiger partial charge in [0.25, 0.3) is 11.8 Å². The number of aryl methyl sites for hydroxylation is 4. The lowest BCUT2D eigenvalue weighted by atomic mass is 10.1. The van der Waals surface area contributed by atoms with Gasteiger partial charge in [-0.1, -0.05) is 23.4 Å². The average molecular weight is 405 g/mol. The maximum atomic E-state index is 13.1. The molecule has 0 unspecified atom stereocenters. The molecule has 2 aliphatic heterocycles. The molecule has 0 saturated carbocycles. The molecular formula is C22H23N5O3. The van der Waals surface area contributed by atoms with Gasteiger partial charge in [0.15, 0.2) is 12.1 Å². The lowest BCUT2D eigenvalue weighted by molar-refractivity contribution is -0.123. The molecule has 3 amide bonds. The van der Waals surface area contributed by atoms with Crippen LogP contribution in [0.3, 0.4) is 0 Å². The monoisotopic (exact) mass is 405 g/mol. The van der Waals surface area contributed by atoms with Crippen molar-refractivity contribution >= 4 is 29.1 Å². The van der Waals surface area contributed by atoms with Gasteiger partial charge in [-0.3, -0.25) is 19.4 Å². The van der Waals surface area contributed by atoms with Gasteiger partial charge in [-0.25, -0.2) is 4.90 Å². The Morgan fingerprint density at radius 1 is 0.967 bits per heavy atom. The third-order valence-corrected chi connectivity index (χ3v) is 5.58. The zero-order valence-electron chi connectivity index (χ0n) is 17.3. The summed E-state index contributed by atoms with van der Waals surface area (Å²) in [4.78, 5) is 39.6. The zero-order chi connectivity index (χ0) is 21.6. The quantitative estimate of drug-likeness (QED) is 0.792. The molecule has 2 aromatic rings. The van der Waals surface area contributed by atoms with E-state index in [1.165, 1.54) is 5.01 Å². The molecule has 1 N–H and O–H groups in total. The highest BCUT2D eigenvalue weighted by Gasteiger charge is 2.55. The molecule has 1 fully saturated rings. The number of imide groups is 1. The van der Waals surface area contributed by atoms with E-state index in [4.69, 9.17) is 0 Å². The van der Waals surface area contributed by atoms with Crippen LogP contribution in [-0.2, 0) is 14.4 Å². The minimum atomic E-state index is -0.924. The molecule has 8 heteroatoms. The van der Waals surface area contributed by atoms with Crippen LogP contribution in [0.2, 0.25) is 0 Å². The Morgan fingerprint density at radius 2 is 1.70 bits per heavy atom. The molecule has 1 saturated heterocycles. The molecule has 0 spiro atoms. The molecule has 154 valence electrons. The van der Waals surface area contributed by atoms with E-state index in [0.29, 0.717) is 11.4 Å². The third kappa shape index (κ3) is 3.34. The summed E-state index contributed by atoms with van der Waals surface area (Å²) in [7, 11) is 0. The summed E-state index contributed by atoms with van der Waals surface area (Å²) in [6, 6.07) is 9.38. The van der Waals surface area contributed by atoms with Crippen LogP contribution >= 0.6 is 0 Å². The number of nitrogens with zero attached hydrogens (tertiary/aromatic N) is 4. The summed E-state index contributed by atoms with van der Waals surface area (Å²) in [5.41, 5.74) is 5.23. The molecule has 2 aliphatic rings. The fraction of sp³-hybridized carbons (Fsp3) is 0.318. The Bertz CT molecular complexity index is 1090. The number of amides is 3. The lowest BCUT2D eigenvalue weighted by Crippen LogP contribution is -2.43. The molecule has 0 aliphatic carbocycles. The van der Waals surface area contributed by atoms with Crippen LogP contribution in [0, 0.1) is 27.7 Å². The first kappa shape index (κ1) is 19.8. The second-order valence-corrected chi connectivity index (χ2v) is 7.84. The van der Waals surface area contributed by atoms with E-state index in [1.54, 1.807) is 12.1 Å². The van der Waals surface area contributed by atoms with Crippen molar-refractivity contribution < 1.29 is 14.4 Å². The Morgan fingerprint density at radius 3 is 2.43 bits per heavy atom. The molecule has 0 radical (unpaired) electrons. The highest BCUT2D eigenvalue weighted by Crippen LogP contribution is 2.32. The van der Waals surface area contributed by atoms with Gasteiger partial charge in [0.05, 0.1) is 5.69 Å². The number of rotatable bonds is 4. The van der Waals surface area contributed by atoms with E-state index in [2.05, 4.69) is 15.7 Å². The number of hydrogen-bond donors (Lipinski definition) is 1. The van der Waals surface area contributed by atoms with Crippen LogP contribution in [0.4, 0.5) is 11.4 Å². The molecule has 30 heavy (non-hydrogen) atoms. The molecule has 0 aromatic heterocycles. The van der Waals surface area contributed by atoms with Crippen molar-refractivity contribution in [1.29, 1.82) is 0 Å². The fourth-order valence-electron chi connectivity index (χ4n) is 3.68. The standard InChI is InChI=1S/C22H23N5O3/c1-12-5-6-14(3)17(9-12)23-18(28)11-26-20-19(24-25-26)21(29)27(22(20)30)16-8-7-13(2)15(4)10-16/h5-10,19-20H,11H2,1-4H3,(H,23,28)/t19-,20+/m0/s1. The minimum Gasteiger partial charge on any atom is -0.324 e. The maximum absolute atomic E-state index is 13.1. The topological polar surface area (TPSA) is 94.4 Å². The molecular weight excluding hydrogens is 382 g/mol. The van der Waals surface area contributed by atoms with Gasteiger partial charge < -0.3 is 5.32 Å². The van der Waals surface area contributed by atoms with Crippen molar-refractivity contribution in [2.75, 3.05) is 16.8 Å². The molecule has 2 atom stereocenters. The number of anilines is 2. The second-order valence-electron chi connectivity index (χ2n) is 7.84. The highest BCUT2D eigenvalue weighted by molar-refractivity contribution is 6.25. The Hall–Kier alpha value is -3.55. The van der Waals surface area contributed by atoms with Crippen molar-refractivity contribution in [3.8, 4) is 0 Å². The van der Waals surface area contributed by atoms with Gasteiger partial charge in [-0.15, -0.1) is 0 Å². The van der Waals surface area contributed by atoms with E-state index >= 15 is 0 Å². The van der Waals surface area contributed by atoms with E-state index in [0.717, 1.165) is 27.2 Å². The second kappa shape index (κ2) is 7.37. The van der Waals surface area contributed by atoms with Crippen LogP contribution in [0.25, 0.3) is 0 Å². The van der Waals surface area contributed by atoms with Gasteiger partial charge in [0.1, 0.15) is 6.54 Å². The average Bonchev–Trinajstić information content (AvgIpc) is 3.21. The number of carbonyl (C=O) groups is 3. The van der Waals surface area contributed by atoms with Crippen LogP contribution in [0.1, 0.15) is 22.3 Å². The molecule has 8 nitrogen and oxygen atoms in total. The first-order valence-corrected chi connectivity index (χ1v) is 9.76. The number of benzene rings is 2. The normalized spacial score (nSPS) is 20.1. The Labute approximate surface area is 174 Å². The van der Waals surface area contributed by atoms with Crippen LogP contribution in [-0.4, -0.2) is 41.4 Å². The molecule has 4 rings (SSSR count). The van der Waals surface area contributed by atoms with Crippen LogP contribution < -0.4 is 10.2 Å². The van der Waals surface area contributed by atoms with Gasteiger partial charge in [0, 0.05) is 5.69 Å². The summed E-state index contributed by atoms with van der Waals surface area (Å²) in [5, 5.41) is 12.1. The largest absolute Gasteiger partial charge is 0.324 e. The first-order chi connectivity index (χ1) is 14.3. The van der Waals surface area contributed by atoms with E-state index in [9.17, 15) is 14.4 Å². The molecule has 0 bridgehead atoms.